The quantitative estimate of drug-likeness (QED) is 0.625. The molecule has 0 saturated carbocycles. The average molecular weight is 359 g/mol. The van der Waals surface area contributed by atoms with Gasteiger partial charge in [0.05, 0.1) is 0 Å². The maximum atomic E-state index is 10.4. The van der Waals surface area contributed by atoms with E-state index in [1.165, 1.54) is 0 Å². The first-order valence-electron chi connectivity index (χ1n) is 8.19. The number of carboxylic acid groups (broad SMARTS) is 2. The molecule has 0 amide bonds. The van der Waals surface area contributed by atoms with Gasteiger partial charge in [0.25, 0.3) is 0 Å². The summed E-state index contributed by atoms with van der Waals surface area (Å²) in [5, 5.41) is 26.1. The number of aliphatic carboxylic acids is 2. The van der Waals surface area contributed by atoms with Crippen LogP contribution < -0.4 is 5.73 Å². The normalized spacial score (nSPS) is 12.5. The van der Waals surface area contributed by atoms with Crippen molar-refractivity contribution in [2.75, 3.05) is 0 Å². The second-order valence-electron chi connectivity index (χ2n) is 6.18. The van der Waals surface area contributed by atoms with Crippen LogP contribution in [0.25, 0.3) is 0 Å². The Hall–Kier alpha value is -2.70. The van der Waals surface area contributed by atoms with Crippen LogP contribution in [0.4, 0.5) is 0 Å². The molecule has 0 spiro atoms. The highest BCUT2D eigenvalue weighted by Gasteiger charge is 2.13. The average Bonchev–Trinajstić information content (AvgIpc) is 2.59. The Morgan fingerprint density at radius 3 is 1.54 bits per heavy atom. The number of hydrogen-bond acceptors (Lipinski definition) is 4. The fourth-order valence-corrected chi connectivity index (χ4v) is 2.10. The van der Waals surface area contributed by atoms with Crippen molar-refractivity contribution in [2.24, 2.45) is 5.73 Å². The van der Waals surface area contributed by atoms with Crippen LogP contribution in [0.2, 0.25) is 0 Å². The molecule has 0 unspecified atom stereocenters. The highest BCUT2D eigenvalue weighted by Crippen LogP contribution is 2.06. The van der Waals surface area contributed by atoms with E-state index in [4.69, 9.17) is 21.1 Å². The Bertz CT molecular complexity index is 646. The summed E-state index contributed by atoms with van der Waals surface area (Å²) in [5.74, 6) is -2.14. The number of carboxylic acids is 2. The third-order valence-corrected chi connectivity index (χ3v) is 3.73. The van der Waals surface area contributed by atoms with Gasteiger partial charge in [-0.2, -0.15) is 0 Å². The predicted octanol–water partition coefficient (Wildman–Crippen LogP) is 1.93. The monoisotopic (exact) mass is 359 g/mol. The minimum absolute atomic E-state index is 0.162. The fourth-order valence-electron chi connectivity index (χ4n) is 2.10. The Labute approximate surface area is 152 Å². The summed E-state index contributed by atoms with van der Waals surface area (Å²) < 4.78 is 0. The molecule has 0 aliphatic rings. The molecule has 0 saturated heterocycles. The second kappa shape index (κ2) is 10.3. The Morgan fingerprint density at radius 2 is 1.19 bits per heavy atom. The van der Waals surface area contributed by atoms with E-state index in [2.05, 4.69) is 0 Å². The molecular formula is C20H25NO5. The van der Waals surface area contributed by atoms with Crippen LogP contribution in [-0.2, 0) is 22.4 Å². The molecule has 0 aliphatic heterocycles. The summed E-state index contributed by atoms with van der Waals surface area (Å²) in [6.07, 6.45) is -0.756. The Kier molecular flexibility index (Phi) is 8.48. The van der Waals surface area contributed by atoms with Crippen molar-refractivity contribution < 1.29 is 24.9 Å². The SMILES string of the molecule is Cc1ccc(C[C@H](N)C(=O)O)cc1.Cc1ccc(C[C@H](O)C(=O)O)cc1. The van der Waals surface area contributed by atoms with Crippen molar-refractivity contribution in [3.63, 3.8) is 0 Å². The topological polar surface area (TPSA) is 121 Å². The van der Waals surface area contributed by atoms with Gasteiger partial charge in [-0.05, 0) is 31.4 Å². The van der Waals surface area contributed by atoms with Gasteiger partial charge in [-0.3, -0.25) is 4.79 Å². The lowest BCUT2D eigenvalue weighted by Crippen LogP contribution is -2.32. The summed E-state index contributed by atoms with van der Waals surface area (Å²) >= 11 is 0. The highest BCUT2D eigenvalue weighted by atomic mass is 16.4. The zero-order valence-electron chi connectivity index (χ0n) is 14.9. The van der Waals surface area contributed by atoms with E-state index < -0.39 is 24.1 Å². The lowest BCUT2D eigenvalue weighted by atomic mass is 10.1. The van der Waals surface area contributed by atoms with Crippen molar-refractivity contribution >= 4 is 11.9 Å². The van der Waals surface area contributed by atoms with E-state index in [0.29, 0.717) is 6.42 Å². The minimum Gasteiger partial charge on any atom is -0.480 e. The van der Waals surface area contributed by atoms with Crippen molar-refractivity contribution in [3.05, 3.63) is 70.8 Å². The van der Waals surface area contributed by atoms with Crippen molar-refractivity contribution in [2.45, 2.75) is 38.8 Å². The van der Waals surface area contributed by atoms with Crippen LogP contribution in [0.5, 0.6) is 0 Å². The van der Waals surface area contributed by atoms with Crippen LogP contribution >= 0.6 is 0 Å². The summed E-state index contributed by atoms with van der Waals surface area (Å²) in [6, 6.07) is 14.3. The Balaban J connectivity index is 0.000000260. The van der Waals surface area contributed by atoms with Gasteiger partial charge in [-0.25, -0.2) is 4.79 Å². The highest BCUT2D eigenvalue weighted by molar-refractivity contribution is 5.73. The van der Waals surface area contributed by atoms with Crippen LogP contribution in [0.3, 0.4) is 0 Å². The van der Waals surface area contributed by atoms with E-state index in [-0.39, 0.29) is 6.42 Å². The lowest BCUT2D eigenvalue weighted by Gasteiger charge is -2.05. The molecule has 6 nitrogen and oxygen atoms in total. The largest absolute Gasteiger partial charge is 0.480 e. The fraction of sp³-hybridized carbons (Fsp3) is 0.300. The molecule has 2 aromatic carbocycles. The van der Waals surface area contributed by atoms with Crippen molar-refractivity contribution in [1.29, 1.82) is 0 Å². The van der Waals surface area contributed by atoms with Gasteiger partial charge in [0.1, 0.15) is 6.04 Å². The third-order valence-electron chi connectivity index (χ3n) is 3.73. The van der Waals surface area contributed by atoms with Crippen molar-refractivity contribution in [3.8, 4) is 0 Å². The number of nitrogens with two attached hydrogens (primary N) is 1. The van der Waals surface area contributed by atoms with Crippen LogP contribution in [0, 0.1) is 13.8 Å². The van der Waals surface area contributed by atoms with Gasteiger partial charge < -0.3 is 21.1 Å². The molecule has 0 bridgehead atoms. The maximum Gasteiger partial charge on any atom is 0.332 e. The van der Waals surface area contributed by atoms with E-state index in [0.717, 1.165) is 22.3 Å². The number of aryl methyl sites for hydroxylation is 2. The van der Waals surface area contributed by atoms with Gasteiger partial charge >= 0.3 is 11.9 Å². The first-order chi connectivity index (χ1) is 12.2. The number of aliphatic hydroxyl groups is 1. The summed E-state index contributed by atoms with van der Waals surface area (Å²) in [5.41, 5.74) is 9.46. The van der Waals surface area contributed by atoms with E-state index >= 15 is 0 Å². The van der Waals surface area contributed by atoms with Gasteiger partial charge in [0, 0.05) is 6.42 Å². The molecule has 140 valence electrons. The van der Waals surface area contributed by atoms with Crippen LogP contribution in [-0.4, -0.2) is 39.4 Å². The molecule has 6 heteroatoms. The molecular weight excluding hydrogens is 334 g/mol. The first kappa shape index (κ1) is 21.3. The molecule has 0 aliphatic carbocycles. The second-order valence-corrected chi connectivity index (χ2v) is 6.18. The first-order valence-corrected chi connectivity index (χ1v) is 8.19. The van der Waals surface area contributed by atoms with Crippen LogP contribution in [0.15, 0.2) is 48.5 Å². The molecule has 0 aromatic heterocycles. The van der Waals surface area contributed by atoms with E-state index in [9.17, 15) is 9.59 Å². The van der Waals surface area contributed by atoms with E-state index in [1.54, 1.807) is 0 Å². The molecule has 0 heterocycles. The molecule has 0 fully saturated rings. The maximum absolute atomic E-state index is 10.4. The minimum atomic E-state index is -1.30. The van der Waals surface area contributed by atoms with E-state index in [1.807, 2.05) is 62.4 Å². The zero-order valence-corrected chi connectivity index (χ0v) is 14.9. The summed E-state index contributed by atoms with van der Waals surface area (Å²) in [6.45, 7) is 3.94. The molecule has 0 radical (unpaired) electrons. The molecule has 26 heavy (non-hydrogen) atoms. The molecule has 2 atom stereocenters. The lowest BCUT2D eigenvalue weighted by molar-refractivity contribution is -0.146. The van der Waals surface area contributed by atoms with Gasteiger partial charge in [0.15, 0.2) is 6.10 Å². The molecule has 2 rings (SSSR count). The third kappa shape index (κ3) is 7.92. The van der Waals surface area contributed by atoms with Gasteiger partial charge in [-0.1, -0.05) is 59.7 Å². The Morgan fingerprint density at radius 1 is 0.808 bits per heavy atom. The standard InChI is InChI=1S/C10H13NO2.C10H12O3/c2*1-7-2-4-8(5-3-7)6-9(11)10(12)13/h2-5,9H,6,11H2,1H3,(H,12,13);2-5,9,11H,6H2,1H3,(H,12,13)/t2*9-/m00/s1. The number of rotatable bonds is 6. The smallest absolute Gasteiger partial charge is 0.332 e. The summed E-state index contributed by atoms with van der Waals surface area (Å²) in [7, 11) is 0. The van der Waals surface area contributed by atoms with Crippen molar-refractivity contribution in [1.82, 2.24) is 0 Å². The van der Waals surface area contributed by atoms with Crippen LogP contribution in [0.1, 0.15) is 22.3 Å². The van der Waals surface area contributed by atoms with Gasteiger partial charge in [0.2, 0.25) is 0 Å². The molecule has 5 N–H and O–H groups in total. The molecule has 2 aromatic rings. The van der Waals surface area contributed by atoms with Gasteiger partial charge in [-0.15, -0.1) is 0 Å². The predicted molar refractivity (Wildman–Crippen MR) is 99.0 cm³/mol. The zero-order chi connectivity index (χ0) is 19.7. The number of aliphatic hydroxyl groups excluding tert-OH is 1. The number of carbonyl (C=O) groups is 2. The summed E-state index contributed by atoms with van der Waals surface area (Å²) in [4.78, 5) is 20.8. The number of benzene rings is 2. The number of hydrogen-bond donors (Lipinski definition) is 4.